The number of alkyl halides is 3. The highest BCUT2D eigenvalue weighted by Crippen LogP contribution is 2.21. The summed E-state index contributed by atoms with van der Waals surface area (Å²) in [4.78, 5) is 24.0. The second-order valence-corrected chi connectivity index (χ2v) is 7.70. The fraction of sp³-hybridized carbons (Fsp3) is 0.500. The highest BCUT2D eigenvalue weighted by atomic mass is 19.4. The number of amides is 1. The van der Waals surface area contributed by atoms with Gasteiger partial charge >= 0.3 is 12.1 Å². The average Bonchev–Trinajstić information content (AvgIpc) is 2.99. The maximum atomic E-state index is 12.8. The molecule has 2 N–H and O–H groups in total. The van der Waals surface area contributed by atoms with Crippen LogP contribution in [0, 0.1) is 0 Å². The van der Waals surface area contributed by atoms with E-state index in [2.05, 4.69) is 24.1 Å². The third-order valence-corrected chi connectivity index (χ3v) is 4.56. The molecular formula is C20H26F3N3O4. The average molecular weight is 429 g/mol. The van der Waals surface area contributed by atoms with E-state index in [0.717, 1.165) is 49.3 Å². The number of halogens is 3. The Balaban J connectivity index is 0.000000396. The van der Waals surface area contributed by atoms with Gasteiger partial charge in [0.25, 0.3) is 5.91 Å². The molecule has 0 spiro atoms. The summed E-state index contributed by atoms with van der Waals surface area (Å²) in [6, 6.07) is 7.99. The van der Waals surface area contributed by atoms with Crippen LogP contribution in [-0.4, -0.2) is 71.0 Å². The van der Waals surface area contributed by atoms with Gasteiger partial charge in [0.05, 0.1) is 18.8 Å². The molecule has 7 nitrogen and oxygen atoms in total. The number of aryl methyl sites for hydroxylation is 1. The van der Waals surface area contributed by atoms with Crippen molar-refractivity contribution in [3.05, 3.63) is 36.0 Å². The van der Waals surface area contributed by atoms with Crippen LogP contribution in [0.3, 0.4) is 0 Å². The number of aliphatic carboxylic acids is 1. The number of para-hydroxylation sites is 1. The fourth-order valence-electron chi connectivity index (χ4n) is 3.26. The lowest BCUT2D eigenvalue weighted by molar-refractivity contribution is -0.192. The molecule has 0 bridgehead atoms. The van der Waals surface area contributed by atoms with Gasteiger partial charge in [-0.05, 0) is 19.9 Å². The SMILES string of the molecule is Cn1cc(C(=O)NC(C)(C)CN2CCOCC2)c2ccccc21.O=C(O)C(F)(F)F. The van der Waals surface area contributed by atoms with Gasteiger partial charge in [-0.15, -0.1) is 0 Å². The summed E-state index contributed by atoms with van der Waals surface area (Å²) in [6.45, 7) is 8.37. The molecule has 2 heterocycles. The number of carboxylic acids is 1. The van der Waals surface area contributed by atoms with Crippen molar-refractivity contribution in [3.8, 4) is 0 Å². The van der Waals surface area contributed by atoms with Crippen molar-refractivity contribution >= 4 is 22.8 Å². The molecule has 1 aromatic carbocycles. The number of rotatable bonds is 4. The highest BCUT2D eigenvalue weighted by Gasteiger charge is 2.38. The molecule has 0 atom stereocenters. The number of carboxylic acid groups (broad SMARTS) is 1. The number of ether oxygens (including phenoxy) is 1. The zero-order valence-electron chi connectivity index (χ0n) is 17.1. The minimum absolute atomic E-state index is 0.0138. The Kier molecular flexibility index (Phi) is 7.49. The molecule has 1 aliphatic rings. The first-order valence-electron chi connectivity index (χ1n) is 9.37. The number of aromatic nitrogens is 1. The molecule has 2 aromatic rings. The monoisotopic (exact) mass is 429 g/mol. The van der Waals surface area contributed by atoms with Crippen LogP contribution in [0.4, 0.5) is 13.2 Å². The molecule has 166 valence electrons. The van der Waals surface area contributed by atoms with E-state index in [1.54, 1.807) is 0 Å². The first-order chi connectivity index (χ1) is 13.9. The first kappa shape index (κ1) is 23.7. The van der Waals surface area contributed by atoms with Crippen LogP contribution in [0.5, 0.6) is 0 Å². The summed E-state index contributed by atoms with van der Waals surface area (Å²) < 4.78 is 39.1. The second-order valence-electron chi connectivity index (χ2n) is 7.70. The number of fused-ring (bicyclic) bond motifs is 1. The Hall–Kier alpha value is -2.59. The highest BCUT2D eigenvalue weighted by molar-refractivity contribution is 6.07. The lowest BCUT2D eigenvalue weighted by Crippen LogP contribution is -2.53. The van der Waals surface area contributed by atoms with Gasteiger partial charge in [-0.1, -0.05) is 18.2 Å². The Labute approximate surface area is 172 Å². The lowest BCUT2D eigenvalue weighted by Gasteiger charge is -2.35. The standard InChI is InChI=1S/C18H25N3O2.C2HF3O2/c1-18(2,13-21-8-10-23-11-9-21)19-17(22)15-12-20(3)16-7-5-4-6-14(15)16;3-2(4,5)1(6)7/h4-7,12H,8-11,13H2,1-3H3,(H,19,22);(H,6,7). The Morgan fingerprint density at radius 3 is 2.30 bits per heavy atom. The van der Waals surface area contributed by atoms with E-state index >= 15 is 0 Å². The summed E-state index contributed by atoms with van der Waals surface area (Å²) in [5.41, 5.74) is 1.52. The van der Waals surface area contributed by atoms with E-state index in [4.69, 9.17) is 14.6 Å². The molecule has 1 aliphatic heterocycles. The Morgan fingerprint density at radius 2 is 1.73 bits per heavy atom. The molecule has 10 heteroatoms. The summed E-state index contributed by atoms with van der Waals surface area (Å²) in [5, 5.41) is 11.3. The van der Waals surface area contributed by atoms with E-state index < -0.39 is 12.1 Å². The number of benzene rings is 1. The summed E-state index contributed by atoms with van der Waals surface area (Å²) in [5.74, 6) is -2.77. The maximum Gasteiger partial charge on any atom is 0.490 e. The van der Waals surface area contributed by atoms with Gasteiger partial charge in [0, 0.05) is 49.3 Å². The van der Waals surface area contributed by atoms with E-state index in [0.29, 0.717) is 0 Å². The van der Waals surface area contributed by atoms with Gasteiger partial charge in [-0.2, -0.15) is 13.2 Å². The van der Waals surface area contributed by atoms with Crippen molar-refractivity contribution in [2.45, 2.75) is 25.6 Å². The quantitative estimate of drug-likeness (QED) is 0.781. The van der Waals surface area contributed by atoms with Crippen molar-refractivity contribution in [2.24, 2.45) is 7.05 Å². The van der Waals surface area contributed by atoms with Gasteiger partial charge in [0.1, 0.15) is 0 Å². The topological polar surface area (TPSA) is 83.8 Å². The molecule has 30 heavy (non-hydrogen) atoms. The van der Waals surface area contributed by atoms with Crippen LogP contribution in [0.1, 0.15) is 24.2 Å². The second kappa shape index (κ2) is 9.48. The van der Waals surface area contributed by atoms with Gasteiger partial charge < -0.3 is 19.7 Å². The summed E-state index contributed by atoms with van der Waals surface area (Å²) >= 11 is 0. The van der Waals surface area contributed by atoms with Crippen LogP contribution in [0.2, 0.25) is 0 Å². The first-order valence-corrected chi connectivity index (χ1v) is 9.37. The van der Waals surface area contributed by atoms with Crippen molar-refractivity contribution in [3.63, 3.8) is 0 Å². The van der Waals surface area contributed by atoms with Crippen molar-refractivity contribution in [1.29, 1.82) is 0 Å². The molecule has 0 radical (unpaired) electrons. The van der Waals surface area contributed by atoms with Crippen molar-refractivity contribution in [2.75, 3.05) is 32.8 Å². The molecule has 0 aliphatic carbocycles. The Bertz CT molecular complexity index is 887. The van der Waals surface area contributed by atoms with Crippen LogP contribution in [0.15, 0.2) is 30.5 Å². The summed E-state index contributed by atoms with van der Waals surface area (Å²) in [6.07, 6.45) is -3.18. The predicted octanol–water partition coefficient (Wildman–Crippen LogP) is 2.65. The molecule has 1 fully saturated rings. The van der Waals surface area contributed by atoms with E-state index in [9.17, 15) is 18.0 Å². The molecular weight excluding hydrogens is 403 g/mol. The number of hydrogen-bond acceptors (Lipinski definition) is 4. The van der Waals surface area contributed by atoms with E-state index in [1.807, 2.05) is 42.1 Å². The van der Waals surface area contributed by atoms with Crippen LogP contribution < -0.4 is 5.32 Å². The number of carbonyl (C=O) groups is 2. The van der Waals surface area contributed by atoms with Crippen LogP contribution in [0.25, 0.3) is 10.9 Å². The fourth-order valence-corrected chi connectivity index (χ4v) is 3.26. The molecule has 0 unspecified atom stereocenters. The maximum absolute atomic E-state index is 12.8. The van der Waals surface area contributed by atoms with Crippen LogP contribution in [-0.2, 0) is 16.6 Å². The smallest absolute Gasteiger partial charge is 0.475 e. The molecule has 0 saturated carbocycles. The van der Waals surface area contributed by atoms with Gasteiger partial charge in [0.15, 0.2) is 0 Å². The van der Waals surface area contributed by atoms with Gasteiger partial charge in [-0.3, -0.25) is 9.69 Å². The number of morpholine rings is 1. The lowest BCUT2D eigenvalue weighted by atomic mass is 10.0. The van der Waals surface area contributed by atoms with E-state index in [1.165, 1.54) is 0 Å². The van der Waals surface area contributed by atoms with Gasteiger partial charge in [0.2, 0.25) is 0 Å². The predicted molar refractivity (Wildman–Crippen MR) is 105 cm³/mol. The largest absolute Gasteiger partial charge is 0.490 e. The Morgan fingerprint density at radius 1 is 1.17 bits per heavy atom. The number of carbonyl (C=O) groups excluding carboxylic acids is 1. The number of hydrogen-bond donors (Lipinski definition) is 2. The third kappa shape index (κ3) is 6.46. The van der Waals surface area contributed by atoms with Crippen LogP contribution >= 0.6 is 0 Å². The molecule has 1 amide bonds. The minimum Gasteiger partial charge on any atom is -0.475 e. The summed E-state index contributed by atoms with van der Waals surface area (Å²) in [7, 11) is 1.97. The molecule has 1 aromatic heterocycles. The third-order valence-electron chi connectivity index (χ3n) is 4.56. The van der Waals surface area contributed by atoms with E-state index in [-0.39, 0.29) is 11.4 Å². The molecule has 1 saturated heterocycles. The minimum atomic E-state index is -5.08. The normalized spacial score (nSPS) is 15.4. The zero-order valence-corrected chi connectivity index (χ0v) is 17.1. The number of nitrogens with zero attached hydrogens (tertiary/aromatic N) is 2. The van der Waals surface area contributed by atoms with Crippen molar-refractivity contribution in [1.82, 2.24) is 14.8 Å². The van der Waals surface area contributed by atoms with Crippen molar-refractivity contribution < 1.29 is 32.6 Å². The zero-order chi connectivity index (χ0) is 22.5. The molecule has 3 rings (SSSR count). The van der Waals surface area contributed by atoms with Gasteiger partial charge in [-0.25, -0.2) is 4.79 Å². The number of nitrogens with one attached hydrogen (secondary N) is 1.